The molecule has 0 aromatic heterocycles. The van der Waals surface area contributed by atoms with Gasteiger partial charge in [0.25, 0.3) is 10.0 Å². The third kappa shape index (κ3) is 8.80. The molecular weight excluding hydrogens is 645 g/mol. The van der Waals surface area contributed by atoms with Gasteiger partial charge in [-0.2, -0.15) is 4.31 Å². The minimum Gasteiger partial charge on any atom is -0.376 e. The van der Waals surface area contributed by atoms with Crippen LogP contribution in [-0.2, 0) is 42.7 Å². The van der Waals surface area contributed by atoms with E-state index in [9.17, 15) is 16.8 Å². The van der Waals surface area contributed by atoms with E-state index in [0.29, 0.717) is 45.0 Å². The number of hydrogen-bond donors (Lipinski definition) is 0. The van der Waals surface area contributed by atoms with Gasteiger partial charge in [-0.15, -0.1) is 0 Å². The molecule has 0 fully saturated rings. The van der Waals surface area contributed by atoms with Gasteiger partial charge < -0.3 is 9.47 Å². The van der Waals surface area contributed by atoms with Crippen molar-refractivity contribution in [1.82, 2.24) is 8.61 Å². The van der Waals surface area contributed by atoms with Gasteiger partial charge in [0.2, 0.25) is 10.0 Å². The van der Waals surface area contributed by atoms with Crippen molar-refractivity contribution < 1.29 is 26.3 Å². The summed E-state index contributed by atoms with van der Waals surface area (Å²) in [6.45, 7) is 5.26. The normalized spacial score (nSPS) is 15.2. The predicted octanol–water partition coefficient (Wildman–Crippen LogP) is 6.71. The van der Waals surface area contributed by atoms with Gasteiger partial charge in [-0.3, -0.25) is 4.31 Å². The molecule has 4 aromatic carbocycles. The topological polar surface area (TPSA) is 93.2 Å². The van der Waals surface area contributed by atoms with Gasteiger partial charge in [0.1, 0.15) is 0 Å². The van der Waals surface area contributed by atoms with E-state index in [1.165, 1.54) is 15.7 Å². The van der Waals surface area contributed by atoms with Crippen LogP contribution in [0.3, 0.4) is 0 Å². The second-order valence-electron chi connectivity index (χ2n) is 12.6. The Labute approximate surface area is 285 Å². The lowest BCUT2D eigenvalue weighted by atomic mass is 9.83. The summed E-state index contributed by atoms with van der Waals surface area (Å²) in [5.74, 6) is 0. The van der Waals surface area contributed by atoms with Gasteiger partial charge in [0.15, 0.2) is 0 Å². The maximum Gasteiger partial charge on any atom is 0.264 e. The van der Waals surface area contributed by atoms with Crippen molar-refractivity contribution in [1.29, 1.82) is 0 Å². The quantitative estimate of drug-likeness (QED) is 0.146. The van der Waals surface area contributed by atoms with E-state index in [1.54, 1.807) is 48.5 Å². The molecule has 0 spiro atoms. The van der Waals surface area contributed by atoms with Crippen LogP contribution in [0.25, 0.3) is 0 Å². The summed E-state index contributed by atoms with van der Waals surface area (Å²) in [6, 6.07) is 33.2. The monoisotopic (exact) mass is 688 g/mol. The first-order valence-corrected chi connectivity index (χ1v) is 18.9. The first kappa shape index (κ1) is 35.5. The van der Waals surface area contributed by atoms with Crippen LogP contribution < -0.4 is 0 Å². The van der Waals surface area contributed by atoms with Crippen LogP contribution in [-0.4, -0.2) is 58.8 Å². The molecule has 0 saturated carbocycles. The average molecular weight is 689 g/mol. The SMILES string of the molecule is Cc1ccc(S(=O)(=O)N(C)CC2=CCC(COCc3ccccc3)(COCc3ccccc3)CCN2S(=O)(=O)c2ccc(C)cc2)cc1. The Kier molecular flexibility index (Phi) is 11.5. The zero-order chi connectivity index (χ0) is 34.2. The van der Waals surface area contributed by atoms with Crippen LogP contribution in [0.4, 0.5) is 0 Å². The maximum absolute atomic E-state index is 14.3. The van der Waals surface area contributed by atoms with Crippen molar-refractivity contribution in [3.05, 3.63) is 143 Å². The largest absolute Gasteiger partial charge is 0.376 e. The zero-order valence-electron chi connectivity index (χ0n) is 27.8. The molecule has 254 valence electrons. The maximum atomic E-state index is 14.3. The van der Waals surface area contributed by atoms with Crippen molar-refractivity contribution in [3.8, 4) is 0 Å². The number of nitrogens with zero attached hydrogens (tertiary/aromatic N) is 2. The Balaban J connectivity index is 1.46. The fourth-order valence-electron chi connectivity index (χ4n) is 5.70. The summed E-state index contributed by atoms with van der Waals surface area (Å²) in [5.41, 5.74) is 3.78. The van der Waals surface area contributed by atoms with E-state index in [2.05, 4.69) is 0 Å². The summed E-state index contributed by atoms with van der Waals surface area (Å²) < 4.78 is 71.0. The Bertz CT molecular complexity index is 1830. The highest BCUT2D eigenvalue weighted by atomic mass is 32.2. The van der Waals surface area contributed by atoms with Crippen LogP contribution in [0.5, 0.6) is 0 Å². The van der Waals surface area contributed by atoms with Gasteiger partial charge in [0.05, 0.1) is 42.8 Å². The lowest BCUT2D eigenvalue weighted by molar-refractivity contribution is -0.0358. The molecule has 1 aliphatic rings. The standard InChI is InChI=1S/C38H44N2O6S2/c1-31-14-18-36(19-15-31)47(41,42)39(3)26-35-22-23-38(29-45-27-33-10-6-4-7-11-33,30-46-28-34-12-8-5-9-13-34)24-25-40(35)48(43,44)37-20-16-32(2)17-21-37/h4-22H,23-30H2,1-3H3. The molecule has 0 amide bonds. The van der Waals surface area contributed by atoms with Gasteiger partial charge in [-0.25, -0.2) is 16.8 Å². The van der Waals surface area contributed by atoms with E-state index in [1.807, 2.05) is 80.6 Å². The van der Waals surface area contributed by atoms with Crippen LogP contribution in [0.1, 0.15) is 35.1 Å². The van der Waals surface area contributed by atoms with Gasteiger partial charge in [-0.1, -0.05) is 102 Å². The summed E-state index contributed by atoms with van der Waals surface area (Å²) in [6.07, 6.45) is 2.73. The van der Waals surface area contributed by atoms with E-state index in [4.69, 9.17) is 9.47 Å². The van der Waals surface area contributed by atoms with Crippen molar-refractivity contribution in [2.45, 2.75) is 49.7 Å². The van der Waals surface area contributed by atoms with E-state index < -0.39 is 25.5 Å². The van der Waals surface area contributed by atoms with E-state index in [-0.39, 0.29) is 22.9 Å². The lowest BCUT2D eigenvalue weighted by Gasteiger charge is -2.33. The molecule has 0 radical (unpaired) electrons. The summed E-state index contributed by atoms with van der Waals surface area (Å²) in [7, 11) is -6.45. The van der Waals surface area contributed by atoms with E-state index in [0.717, 1.165) is 22.3 Å². The van der Waals surface area contributed by atoms with Crippen LogP contribution in [0.2, 0.25) is 0 Å². The van der Waals surface area contributed by atoms with Crippen LogP contribution in [0.15, 0.2) is 131 Å². The summed E-state index contributed by atoms with van der Waals surface area (Å²) in [5, 5.41) is 0. The second kappa shape index (κ2) is 15.6. The first-order chi connectivity index (χ1) is 23.0. The molecule has 8 nitrogen and oxygen atoms in total. The average Bonchev–Trinajstić information content (AvgIpc) is 3.26. The Hall–Kier alpha value is -3.80. The van der Waals surface area contributed by atoms with Gasteiger partial charge >= 0.3 is 0 Å². The zero-order valence-corrected chi connectivity index (χ0v) is 29.4. The van der Waals surface area contributed by atoms with Gasteiger partial charge in [0, 0.05) is 24.7 Å². The molecule has 1 heterocycles. The highest BCUT2D eigenvalue weighted by Gasteiger charge is 2.38. The molecule has 48 heavy (non-hydrogen) atoms. The lowest BCUT2D eigenvalue weighted by Crippen LogP contribution is -2.39. The molecule has 0 atom stereocenters. The number of likely N-dealkylation sites (N-methyl/N-ethyl adjacent to an activating group) is 1. The van der Waals surface area contributed by atoms with Crippen LogP contribution >= 0.6 is 0 Å². The highest BCUT2D eigenvalue weighted by molar-refractivity contribution is 7.89. The Morgan fingerprint density at radius 1 is 0.688 bits per heavy atom. The summed E-state index contributed by atoms with van der Waals surface area (Å²) >= 11 is 0. The first-order valence-electron chi connectivity index (χ1n) is 16.0. The van der Waals surface area contributed by atoms with Crippen molar-refractivity contribution in [2.24, 2.45) is 5.41 Å². The molecule has 4 aromatic rings. The van der Waals surface area contributed by atoms with Crippen LogP contribution in [0, 0.1) is 19.3 Å². The third-order valence-corrected chi connectivity index (χ3v) is 12.4. The number of benzene rings is 4. The van der Waals surface area contributed by atoms with Crippen molar-refractivity contribution in [2.75, 3.05) is 33.4 Å². The number of hydrogen-bond acceptors (Lipinski definition) is 6. The highest BCUT2D eigenvalue weighted by Crippen LogP contribution is 2.36. The smallest absolute Gasteiger partial charge is 0.264 e. The number of sulfonamides is 2. The fraction of sp³-hybridized carbons (Fsp3) is 0.316. The van der Waals surface area contributed by atoms with Gasteiger partial charge in [-0.05, 0) is 62.1 Å². The minimum atomic E-state index is -4.03. The molecular formula is C38H44N2O6S2. The molecule has 0 aliphatic carbocycles. The number of aryl methyl sites for hydroxylation is 2. The number of allylic oxidation sites excluding steroid dienone is 1. The minimum absolute atomic E-state index is 0.129. The predicted molar refractivity (Wildman–Crippen MR) is 188 cm³/mol. The van der Waals surface area contributed by atoms with Crippen molar-refractivity contribution in [3.63, 3.8) is 0 Å². The number of rotatable bonds is 14. The summed E-state index contributed by atoms with van der Waals surface area (Å²) in [4.78, 5) is 0.298. The molecule has 0 bridgehead atoms. The molecule has 0 unspecified atom stereocenters. The third-order valence-electron chi connectivity index (χ3n) is 8.70. The fourth-order valence-corrected chi connectivity index (χ4v) is 8.35. The molecule has 5 rings (SSSR count). The van der Waals surface area contributed by atoms with E-state index >= 15 is 0 Å². The molecule has 1 aliphatic heterocycles. The molecule has 0 saturated heterocycles. The molecule has 0 N–H and O–H groups in total. The second-order valence-corrected chi connectivity index (χ2v) is 16.5. The Morgan fingerprint density at radius 3 is 1.67 bits per heavy atom. The van der Waals surface area contributed by atoms with Crippen molar-refractivity contribution >= 4 is 20.0 Å². The molecule has 10 heteroatoms. The Morgan fingerprint density at radius 2 is 1.17 bits per heavy atom. The number of ether oxygens (including phenoxy) is 2.